The number of benzene rings is 3. The molecule has 0 bridgehead atoms. The van der Waals surface area contributed by atoms with Gasteiger partial charge >= 0.3 is 5.97 Å². The van der Waals surface area contributed by atoms with Crippen molar-refractivity contribution in [2.45, 2.75) is 52.1 Å². The van der Waals surface area contributed by atoms with Crippen molar-refractivity contribution < 1.29 is 14.6 Å². The summed E-state index contributed by atoms with van der Waals surface area (Å²) in [7, 11) is 0. The van der Waals surface area contributed by atoms with Gasteiger partial charge in [0.15, 0.2) is 0 Å². The van der Waals surface area contributed by atoms with Crippen LogP contribution in [0.5, 0.6) is 0 Å². The van der Waals surface area contributed by atoms with Crippen molar-refractivity contribution in [2.75, 3.05) is 6.61 Å². The van der Waals surface area contributed by atoms with E-state index in [0.717, 1.165) is 47.1 Å². The van der Waals surface area contributed by atoms with Gasteiger partial charge < -0.3 is 9.84 Å². The van der Waals surface area contributed by atoms with Gasteiger partial charge in [-0.25, -0.2) is 4.79 Å². The van der Waals surface area contributed by atoms with E-state index in [1.165, 1.54) is 36.5 Å². The Morgan fingerprint density at radius 1 is 0.848 bits per heavy atom. The highest BCUT2D eigenvalue weighted by Gasteiger charge is 2.10. The first-order valence-corrected chi connectivity index (χ1v) is 11.9. The third kappa shape index (κ3) is 7.16. The van der Waals surface area contributed by atoms with E-state index in [9.17, 15) is 4.79 Å². The molecule has 0 fully saturated rings. The van der Waals surface area contributed by atoms with Gasteiger partial charge in [0.1, 0.15) is 6.61 Å². The molecule has 3 aromatic carbocycles. The molecule has 0 atom stereocenters. The quantitative estimate of drug-likeness (QED) is 0.188. The molecule has 1 N–H and O–H groups in total. The molecule has 3 aromatic rings. The van der Waals surface area contributed by atoms with E-state index in [1.54, 1.807) is 0 Å². The largest absolute Gasteiger partial charge is 0.458 e. The minimum absolute atomic E-state index is 0.190. The molecule has 0 aliphatic heterocycles. The number of aliphatic hydroxyl groups excluding tert-OH is 1. The number of carbonyl (C=O) groups is 1. The van der Waals surface area contributed by atoms with Crippen LogP contribution in [-0.2, 0) is 29.0 Å². The first-order chi connectivity index (χ1) is 16.1. The van der Waals surface area contributed by atoms with E-state index in [0.29, 0.717) is 0 Å². The fourth-order valence-electron chi connectivity index (χ4n) is 3.96. The van der Waals surface area contributed by atoms with E-state index in [-0.39, 0.29) is 13.2 Å². The molecule has 0 aliphatic rings. The lowest BCUT2D eigenvalue weighted by Gasteiger charge is -2.14. The molecule has 0 heterocycles. The summed E-state index contributed by atoms with van der Waals surface area (Å²) < 4.78 is 5.40. The Kier molecular flexibility index (Phi) is 9.46. The van der Waals surface area contributed by atoms with Crippen LogP contribution in [0.1, 0.15) is 49.3 Å². The van der Waals surface area contributed by atoms with Crippen LogP contribution in [0.15, 0.2) is 79.4 Å². The highest BCUT2D eigenvalue weighted by Crippen LogP contribution is 2.30. The summed E-state index contributed by atoms with van der Waals surface area (Å²) in [5.41, 5.74) is 7.89. The predicted octanol–water partition coefficient (Wildman–Crippen LogP) is 6.91. The first-order valence-electron chi connectivity index (χ1n) is 11.9. The second-order valence-electron chi connectivity index (χ2n) is 8.36. The zero-order valence-corrected chi connectivity index (χ0v) is 19.6. The zero-order valence-electron chi connectivity index (χ0n) is 19.6. The lowest BCUT2D eigenvalue weighted by molar-refractivity contribution is -0.138. The van der Waals surface area contributed by atoms with Crippen LogP contribution in [0.25, 0.3) is 22.3 Å². The topological polar surface area (TPSA) is 46.5 Å². The fourth-order valence-corrected chi connectivity index (χ4v) is 3.96. The number of esters is 1. The van der Waals surface area contributed by atoms with Crippen LogP contribution in [0.3, 0.4) is 0 Å². The third-order valence-corrected chi connectivity index (χ3v) is 5.89. The molecule has 33 heavy (non-hydrogen) atoms. The van der Waals surface area contributed by atoms with Gasteiger partial charge in [-0.05, 0) is 70.7 Å². The van der Waals surface area contributed by atoms with Crippen molar-refractivity contribution in [1.82, 2.24) is 0 Å². The summed E-state index contributed by atoms with van der Waals surface area (Å²) in [5, 5.41) is 9.06. The fraction of sp³-hybridized carbons (Fsp3) is 0.300. The molecule has 3 heteroatoms. The van der Waals surface area contributed by atoms with E-state index >= 15 is 0 Å². The second kappa shape index (κ2) is 12.8. The van der Waals surface area contributed by atoms with Crippen molar-refractivity contribution in [3.05, 3.63) is 96.1 Å². The Morgan fingerprint density at radius 3 is 2.06 bits per heavy atom. The highest BCUT2D eigenvalue weighted by molar-refractivity contribution is 5.81. The summed E-state index contributed by atoms with van der Waals surface area (Å²) in [6.07, 6.45) is 7.64. The molecule has 0 unspecified atom stereocenters. The number of hydrogen-bond donors (Lipinski definition) is 1. The molecule has 0 amide bonds. The van der Waals surface area contributed by atoms with Gasteiger partial charge in [0.25, 0.3) is 0 Å². The molecule has 0 spiro atoms. The molecule has 172 valence electrons. The Bertz CT molecular complexity index is 1030. The molecular formula is C30H34O3. The number of aliphatic hydroxyl groups is 1. The van der Waals surface area contributed by atoms with E-state index in [4.69, 9.17) is 9.84 Å². The summed E-state index contributed by atoms with van der Waals surface area (Å²) >= 11 is 0. The molecular weight excluding hydrogens is 408 g/mol. The van der Waals surface area contributed by atoms with Gasteiger partial charge in [0.05, 0.1) is 0 Å². The van der Waals surface area contributed by atoms with Crippen LogP contribution >= 0.6 is 0 Å². The molecule has 0 saturated heterocycles. The minimum atomic E-state index is -0.429. The lowest BCUT2D eigenvalue weighted by atomic mass is 9.94. The predicted molar refractivity (Wildman–Crippen MR) is 136 cm³/mol. The zero-order chi connectivity index (χ0) is 23.5. The molecule has 3 nitrogen and oxygen atoms in total. The van der Waals surface area contributed by atoms with Gasteiger partial charge in [0, 0.05) is 12.7 Å². The maximum absolute atomic E-state index is 11.7. The number of rotatable bonds is 12. The van der Waals surface area contributed by atoms with Crippen LogP contribution in [0.2, 0.25) is 0 Å². The lowest BCUT2D eigenvalue weighted by Crippen LogP contribution is -2.02. The standard InChI is InChI=1S/C30H34O3/c1-3-5-6-8-23-10-14-25(15-11-23)27-18-19-29(28(21-27)22-33-30(32)4-2)26-16-12-24(13-17-26)9-7-20-31/h4,10-19,21,31H,2-3,5-9,20,22H2,1H3. The monoisotopic (exact) mass is 442 g/mol. The van der Waals surface area contributed by atoms with E-state index in [2.05, 4.69) is 80.2 Å². The SMILES string of the molecule is C=CC(=O)OCc1cc(-c2ccc(CCCCC)cc2)ccc1-c1ccc(CCCO)cc1. The number of unbranched alkanes of at least 4 members (excludes halogenated alkanes) is 2. The molecule has 0 radical (unpaired) electrons. The average molecular weight is 443 g/mol. The van der Waals surface area contributed by atoms with Gasteiger partial charge in [0.2, 0.25) is 0 Å². The second-order valence-corrected chi connectivity index (χ2v) is 8.36. The summed E-state index contributed by atoms with van der Waals surface area (Å²) in [5.74, 6) is -0.429. The van der Waals surface area contributed by atoms with Crippen LogP contribution in [0, 0.1) is 0 Å². The molecule has 3 rings (SSSR count). The van der Waals surface area contributed by atoms with Crippen LogP contribution in [-0.4, -0.2) is 17.7 Å². The van der Waals surface area contributed by atoms with Gasteiger partial charge in [-0.3, -0.25) is 0 Å². The van der Waals surface area contributed by atoms with Gasteiger partial charge in [-0.2, -0.15) is 0 Å². The Hall–Kier alpha value is -3.17. The Morgan fingerprint density at radius 2 is 1.45 bits per heavy atom. The average Bonchev–Trinajstić information content (AvgIpc) is 2.87. The molecule has 0 aliphatic carbocycles. The minimum Gasteiger partial charge on any atom is -0.458 e. The van der Waals surface area contributed by atoms with Crippen molar-refractivity contribution in [3.63, 3.8) is 0 Å². The van der Waals surface area contributed by atoms with Crippen LogP contribution < -0.4 is 0 Å². The van der Waals surface area contributed by atoms with Gasteiger partial charge in [-0.15, -0.1) is 0 Å². The molecule has 0 saturated carbocycles. The normalized spacial score (nSPS) is 10.7. The molecule has 0 aromatic heterocycles. The number of aryl methyl sites for hydroxylation is 2. The van der Waals surface area contributed by atoms with Gasteiger partial charge in [-0.1, -0.05) is 87.0 Å². The summed E-state index contributed by atoms with van der Waals surface area (Å²) in [6, 6.07) is 23.5. The van der Waals surface area contributed by atoms with Crippen molar-refractivity contribution in [3.8, 4) is 22.3 Å². The number of ether oxygens (including phenoxy) is 1. The van der Waals surface area contributed by atoms with Crippen LogP contribution in [0.4, 0.5) is 0 Å². The Balaban J connectivity index is 1.86. The van der Waals surface area contributed by atoms with Crippen molar-refractivity contribution in [1.29, 1.82) is 0 Å². The summed E-state index contributed by atoms with van der Waals surface area (Å²) in [6.45, 7) is 6.11. The van der Waals surface area contributed by atoms with E-state index < -0.39 is 5.97 Å². The number of hydrogen-bond acceptors (Lipinski definition) is 3. The smallest absolute Gasteiger partial charge is 0.330 e. The Labute approximate surface area is 197 Å². The summed E-state index contributed by atoms with van der Waals surface area (Å²) in [4.78, 5) is 11.7. The highest BCUT2D eigenvalue weighted by atomic mass is 16.5. The first kappa shape index (κ1) is 24.5. The maximum Gasteiger partial charge on any atom is 0.330 e. The van der Waals surface area contributed by atoms with Crippen molar-refractivity contribution >= 4 is 5.97 Å². The third-order valence-electron chi connectivity index (χ3n) is 5.89. The van der Waals surface area contributed by atoms with Crippen molar-refractivity contribution in [2.24, 2.45) is 0 Å². The maximum atomic E-state index is 11.7. The number of carbonyl (C=O) groups excluding carboxylic acids is 1. The van der Waals surface area contributed by atoms with E-state index in [1.807, 2.05) is 0 Å².